The first kappa shape index (κ1) is 27.2. The van der Waals surface area contributed by atoms with Crippen LogP contribution >= 0.6 is 23.2 Å². The monoisotopic (exact) mass is 536 g/mol. The van der Waals surface area contributed by atoms with Crippen LogP contribution in [0.5, 0.6) is 0 Å². The van der Waals surface area contributed by atoms with Gasteiger partial charge in [0.2, 0.25) is 11.8 Å². The Hall–Kier alpha value is -2.82. The van der Waals surface area contributed by atoms with Gasteiger partial charge < -0.3 is 10.2 Å². The van der Waals surface area contributed by atoms with Gasteiger partial charge in [0.25, 0.3) is 0 Å². The van der Waals surface area contributed by atoms with E-state index in [-0.39, 0.29) is 30.8 Å². The van der Waals surface area contributed by atoms with E-state index in [0.29, 0.717) is 28.5 Å². The predicted molar refractivity (Wildman–Crippen MR) is 151 cm³/mol. The minimum Gasteiger partial charge on any atom is -0.352 e. The lowest BCUT2D eigenvalue weighted by atomic mass is 10.0. The van der Waals surface area contributed by atoms with Gasteiger partial charge in [-0.15, -0.1) is 0 Å². The van der Waals surface area contributed by atoms with Crippen LogP contribution in [-0.4, -0.2) is 28.8 Å². The van der Waals surface area contributed by atoms with E-state index in [0.717, 1.165) is 36.8 Å². The van der Waals surface area contributed by atoms with Gasteiger partial charge >= 0.3 is 0 Å². The molecule has 0 saturated heterocycles. The zero-order valence-corrected chi connectivity index (χ0v) is 22.8. The van der Waals surface area contributed by atoms with E-state index in [4.69, 9.17) is 23.2 Å². The van der Waals surface area contributed by atoms with Crippen LogP contribution in [0.2, 0.25) is 10.0 Å². The third kappa shape index (κ3) is 7.59. The molecule has 4 rings (SSSR count). The Morgan fingerprint density at radius 1 is 0.892 bits per heavy atom. The van der Waals surface area contributed by atoms with Crippen LogP contribution in [0.3, 0.4) is 0 Å². The molecule has 0 heterocycles. The summed E-state index contributed by atoms with van der Waals surface area (Å²) in [5.74, 6) is -0.221. The minimum atomic E-state index is -0.680. The molecule has 3 aromatic carbocycles. The third-order valence-corrected chi connectivity index (χ3v) is 7.82. The zero-order valence-electron chi connectivity index (χ0n) is 21.3. The zero-order chi connectivity index (χ0) is 26.2. The number of nitrogens with one attached hydrogen (secondary N) is 1. The van der Waals surface area contributed by atoms with Gasteiger partial charge in [0.1, 0.15) is 6.04 Å². The number of halogens is 2. The van der Waals surface area contributed by atoms with Gasteiger partial charge in [-0.3, -0.25) is 9.59 Å². The summed E-state index contributed by atoms with van der Waals surface area (Å²) in [5.41, 5.74) is 3.91. The molecule has 1 saturated carbocycles. The fraction of sp³-hybridized carbons (Fsp3) is 0.355. The van der Waals surface area contributed by atoms with Crippen molar-refractivity contribution in [2.45, 2.75) is 70.5 Å². The van der Waals surface area contributed by atoms with Crippen LogP contribution < -0.4 is 5.32 Å². The third-order valence-electron chi connectivity index (χ3n) is 7.11. The highest BCUT2D eigenvalue weighted by atomic mass is 35.5. The Labute approximate surface area is 230 Å². The lowest BCUT2D eigenvalue weighted by molar-refractivity contribution is -0.141. The number of hydrogen-bond donors (Lipinski definition) is 1. The molecule has 1 N–H and O–H groups in total. The van der Waals surface area contributed by atoms with E-state index in [1.807, 2.05) is 61.5 Å². The molecule has 37 heavy (non-hydrogen) atoms. The minimum absolute atomic E-state index is 0.0981. The molecule has 1 aliphatic rings. The van der Waals surface area contributed by atoms with E-state index in [1.54, 1.807) is 23.1 Å². The van der Waals surface area contributed by atoms with Crippen molar-refractivity contribution in [2.75, 3.05) is 0 Å². The highest BCUT2D eigenvalue weighted by Crippen LogP contribution is 2.28. The summed E-state index contributed by atoms with van der Waals surface area (Å²) >= 11 is 13.1. The van der Waals surface area contributed by atoms with E-state index in [9.17, 15) is 9.59 Å². The average molecular weight is 538 g/mol. The topological polar surface area (TPSA) is 49.4 Å². The van der Waals surface area contributed by atoms with Crippen molar-refractivity contribution in [3.8, 4) is 0 Å². The van der Waals surface area contributed by atoms with Crippen LogP contribution in [0.1, 0.15) is 54.4 Å². The molecule has 0 radical (unpaired) electrons. The quantitative estimate of drug-likeness (QED) is 0.305. The van der Waals surface area contributed by atoms with E-state index >= 15 is 0 Å². The molecule has 0 spiro atoms. The Morgan fingerprint density at radius 2 is 1.54 bits per heavy atom. The molecule has 2 amide bonds. The maximum atomic E-state index is 13.8. The van der Waals surface area contributed by atoms with Gasteiger partial charge in [0.15, 0.2) is 0 Å². The van der Waals surface area contributed by atoms with Crippen molar-refractivity contribution in [2.24, 2.45) is 0 Å². The largest absolute Gasteiger partial charge is 0.352 e. The van der Waals surface area contributed by atoms with Crippen LogP contribution in [0.25, 0.3) is 0 Å². The summed E-state index contributed by atoms with van der Waals surface area (Å²) in [6.45, 7) is 2.21. The average Bonchev–Trinajstić information content (AvgIpc) is 3.40. The second kappa shape index (κ2) is 13.1. The lowest BCUT2D eigenvalue weighted by Gasteiger charge is -2.33. The van der Waals surface area contributed by atoms with Gasteiger partial charge in [-0.2, -0.15) is 0 Å². The summed E-state index contributed by atoms with van der Waals surface area (Å²) < 4.78 is 0. The standard InChI is InChI=1S/C31H34Cl2N2O2/c1-22-14-16-23(17-15-22)18-19-30(36)35(21-26-27(32)12-7-13-28(26)33)29(20-24-8-3-2-4-9-24)31(37)34-25-10-5-6-11-25/h2-4,7-9,12-17,25,29H,5-6,10-11,18-21H2,1H3,(H,34,37). The highest BCUT2D eigenvalue weighted by molar-refractivity contribution is 6.36. The first-order valence-corrected chi connectivity index (χ1v) is 13.8. The lowest BCUT2D eigenvalue weighted by Crippen LogP contribution is -2.52. The predicted octanol–water partition coefficient (Wildman–Crippen LogP) is 6.93. The molecule has 0 bridgehead atoms. The van der Waals surface area contributed by atoms with E-state index in [2.05, 4.69) is 5.32 Å². The molecule has 1 unspecified atom stereocenters. The van der Waals surface area contributed by atoms with Crippen LogP contribution in [0.15, 0.2) is 72.8 Å². The number of nitrogens with zero attached hydrogens (tertiary/aromatic N) is 1. The summed E-state index contributed by atoms with van der Waals surface area (Å²) in [4.78, 5) is 29.3. The molecule has 0 aliphatic heterocycles. The second-order valence-corrected chi connectivity index (χ2v) is 10.7. The molecule has 194 valence electrons. The summed E-state index contributed by atoms with van der Waals surface area (Å²) in [6, 6.07) is 22.8. The van der Waals surface area contributed by atoms with Crippen LogP contribution in [-0.2, 0) is 29.0 Å². The van der Waals surface area contributed by atoms with E-state index in [1.165, 1.54) is 5.56 Å². The summed E-state index contributed by atoms with van der Waals surface area (Å²) in [7, 11) is 0. The number of carbonyl (C=O) groups is 2. The summed E-state index contributed by atoms with van der Waals surface area (Å²) in [6.07, 6.45) is 5.47. The maximum absolute atomic E-state index is 13.8. The number of carbonyl (C=O) groups excluding carboxylic acids is 2. The van der Waals surface area contributed by atoms with Gasteiger partial charge in [0.05, 0.1) is 0 Å². The first-order valence-electron chi connectivity index (χ1n) is 13.0. The Morgan fingerprint density at radius 3 is 2.19 bits per heavy atom. The first-order chi connectivity index (χ1) is 17.9. The number of amides is 2. The fourth-order valence-electron chi connectivity index (χ4n) is 4.92. The Bertz CT molecular complexity index is 1170. The molecule has 1 atom stereocenters. The van der Waals surface area contributed by atoms with Crippen LogP contribution in [0.4, 0.5) is 0 Å². The number of hydrogen-bond acceptors (Lipinski definition) is 2. The van der Waals surface area contributed by atoms with E-state index < -0.39 is 6.04 Å². The molecular formula is C31H34Cl2N2O2. The van der Waals surface area contributed by atoms with Gasteiger partial charge in [0, 0.05) is 41.0 Å². The summed E-state index contributed by atoms with van der Waals surface area (Å²) in [5, 5.41) is 4.20. The highest BCUT2D eigenvalue weighted by Gasteiger charge is 2.32. The van der Waals surface area contributed by atoms with Crippen molar-refractivity contribution in [1.29, 1.82) is 0 Å². The molecule has 1 aliphatic carbocycles. The molecule has 4 nitrogen and oxygen atoms in total. The Kier molecular flexibility index (Phi) is 9.65. The van der Waals surface area contributed by atoms with Crippen molar-refractivity contribution >= 4 is 35.0 Å². The molecule has 0 aromatic heterocycles. The molecule has 6 heteroatoms. The fourth-order valence-corrected chi connectivity index (χ4v) is 5.44. The normalized spacial score (nSPS) is 14.4. The van der Waals surface area contributed by atoms with Gasteiger partial charge in [-0.25, -0.2) is 0 Å². The Balaban J connectivity index is 1.64. The molecule has 1 fully saturated rings. The van der Waals surface area contributed by atoms with Crippen molar-refractivity contribution < 1.29 is 9.59 Å². The number of aryl methyl sites for hydroxylation is 2. The van der Waals surface area contributed by atoms with Crippen LogP contribution in [0, 0.1) is 6.92 Å². The molecule has 3 aromatic rings. The maximum Gasteiger partial charge on any atom is 0.243 e. The SMILES string of the molecule is Cc1ccc(CCC(=O)N(Cc2c(Cl)cccc2Cl)C(Cc2ccccc2)C(=O)NC2CCCC2)cc1. The van der Waals surface area contributed by atoms with Gasteiger partial charge in [-0.05, 0) is 49.4 Å². The smallest absolute Gasteiger partial charge is 0.243 e. The second-order valence-electron chi connectivity index (χ2n) is 9.90. The molecular weight excluding hydrogens is 503 g/mol. The van der Waals surface area contributed by atoms with Crippen molar-refractivity contribution in [3.63, 3.8) is 0 Å². The van der Waals surface area contributed by atoms with Crippen molar-refractivity contribution in [1.82, 2.24) is 10.2 Å². The van der Waals surface area contributed by atoms with Gasteiger partial charge in [-0.1, -0.05) is 102 Å². The number of rotatable bonds is 10. The number of benzene rings is 3. The van der Waals surface area contributed by atoms with Crippen molar-refractivity contribution in [3.05, 3.63) is 105 Å².